The number of phenolic OH excluding ortho intramolecular Hbond substituents is 2. The predicted molar refractivity (Wildman–Crippen MR) is 104 cm³/mol. The first-order valence-electron chi connectivity index (χ1n) is 8.56. The summed E-state index contributed by atoms with van der Waals surface area (Å²) in [6.45, 7) is 2.02. The quantitative estimate of drug-likeness (QED) is 0.594. The molecule has 0 saturated heterocycles. The van der Waals surface area contributed by atoms with E-state index in [0.717, 1.165) is 28.7 Å². The van der Waals surface area contributed by atoms with Crippen LogP contribution in [0, 0.1) is 0 Å². The van der Waals surface area contributed by atoms with E-state index in [1.807, 2.05) is 49.4 Å². The maximum absolute atomic E-state index is 10.3. The maximum Gasteiger partial charge on any atom is 0.123 e. The van der Waals surface area contributed by atoms with Crippen LogP contribution >= 0.6 is 0 Å². The highest BCUT2D eigenvalue weighted by atomic mass is 16.3. The Morgan fingerprint density at radius 2 is 1.28 bits per heavy atom. The van der Waals surface area contributed by atoms with Crippen LogP contribution in [-0.4, -0.2) is 10.2 Å². The Bertz CT molecular complexity index is 801. The lowest BCUT2D eigenvalue weighted by atomic mass is 9.95. The van der Waals surface area contributed by atoms with E-state index in [1.165, 1.54) is 0 Å². The summed E-state index contributed by atoms with van der Waals surface area (Å²) in [7, 11) is 0. The predicted octanol–water partition coefficient (Wildman–Crippen LogP) is 5.64. The molecule has 2 heteroatoms. The highest BCUT2D eigenvalue weighted by molar-refractivity contribution is 5.91. The summed E-state index contributed by atoms with van der Waals surface area (Å²) in [4.78, 5) is 0. The van der Waals surface area contributed by atoms with Crippen LogP contribution in [0.1, 0.15) is 35.6 Å². The van der Waals surface area contributed by atoms with E-state index in [0.29, 0.717) is 12.0 Å². The molecule has 0 aliphatic carbocycles. The van der Waals surface area contributed by atoms with Gasteiger partial charge in [0.1, 0.15) is 11.5 Å². The molecule has 126 valence electrons. The molecule has 0 saturated carbocycles. The molecule has 0 heterocycles. The van der Waals surface area contributed by atoms with Crippen LogP contribution in [0.3, 0.4) is 0 Å². The molecule has 0 unspecified atom stereocenters. The van der Waals surface area contributed by atoms with E-state index in [1.54, 1.807) is 12.1 Å². The van der Waals surface area contributed by atoms with Gasteiger partial charge in [0.15, 0.2) is 0 Å². The summed E-state index contributed by atoms with van der Waals surface area (Å²) < 4.78 is 0. The molecular weight excluding hydrogens is 308 g/mol. The second-order valence-electron chi connectivity index (χ2n) is 6.08. The van der Waals surface area contributed by atoms with Crippen LogP contribution in [0.25, 0.3) is 11.6 Å². The Balaban J connectivity index is 2.11. The van der Waals surface area contributed by atoms with Crippen molar-refractivity contribution in [3.8, 4) is 11.5 Å². The molecule has 0 aromatic heterocycles. The molecule has 3 aromatic carbocycles. The van der Waals surface area contributed by atoms with Crippen molar-refractivity contribution in [2.45, 2.75) is 19.8 Å². The van der Waals surface area contributed by atoms with Crippen molar-refractivity contribution < 1.29 is 10.2 Å². The van der Waals surface area contributed by atoms with Gasteiger partial charge < -0.3 is 10.2 Å². The fourth-order valence-electron chi connectivity index (χ4n) is 2.99. The van der Waals surface area contributed by atoms with Crippen LogP contribution in [-0.2, 0) is 6.42 Å². The summed E-state index contributed by atoms with van der Waals surface area (Å²) >= 11 is 0. The molecule has 0 spiro atoms. The van der Waals surface area contributed by atoms with E-state index < -0.39 is 0 Å². The molecule has 0 amide bonds. The van der Waals surface area contributed by atoms with Gasteiger partial charge in [0.2, 0.25) is 0 Å². The van der Waals surface area contributed by atoms with Crippen molar-refractivity contribution in [1.82, 2.24) is 0 Å². The van der Waals surface area contributed by atoms with Gasteiger partial charge in [-0.15, -0.1) is 0 Å². The van der Waals surface area contributed by atoms with Gasteiger partial charge in [0.25, 0.3) is 0 Å². The first-order valence-corrected chi connectivity index (χ1v) is 8.56. The Morgan fingerprint density at radius 1 is 0.800 bits per heavy atom. The molecule has 3 rings (SSSR count). The van der Waals surface area contributed by atoms with Crippen molar-refractivity contribution >= 4 is 11.6 Å². The van der Waals surface area contributed by atoms with Crippen LogP contribution in [0.4, 0.5) is 0 Å². The third kappa shape index (κ3) is 3.92. The van der Waals surface area contributed by atoms with Gasteiger partial charge in [-0.3, -0.25) is 0 Å². The van der Waals surface area contributed by atoms with Crippen molar-refractivity contribution in [2.24, 2.45) is 0 Å². The topological polar surface area (TPSA) is 40.5 Å². The first-order chi connectivity index (χ1) is 12.2. The number of phenols is 2. The summed E-state index contributed by atoms with van der Waals surface area (Å²) in [6, 6.07) is 23.7. The van der Waals surface area contributed by atoms with Crippen molar-refractivity contribution in [3.63, 3.8) is 0 Å². The summed E-state index contributed by atoms with van der Waals surface area (Å²) in [5.41, 5.74) is 4.61. The molecule has 25 heavy (non-hydrogen) atoms. The molecule has 3 aromatic rings. The molecule has 2 N–H and O–H groups in total. The highest BCUT2D eigenvalue weighted by Crippen LogP contribution is 2.33. The summed E-state index contributed by atoms with van der Waals surface area (Å²) in [6.07, 6.45) is 3.53. The molecule has 0 aliphatic rings. The Labute approximate surface area is 148 Å². The van der Waals surface area contributed by atoms with Crippen LogP contribution in [0.5, 0.6) is 11.5 Å². The zero-order valence-corrected chi connectivity index (χ0v) is 14.3. The van der Waals surface area contributed by atoms with Crippen molar-refractivity contribution in [2.75, 3.05) is 0 Å². The zero-order valence-electron chi connectivity index (χ0n) is 14.3. The fourth-order valence-corrected chi connectivity index (χ4v) is 2.99. The minimum Gasteiger partial charge on any atom is -0.508 e. The first kappa shape index (κ1) is 16.8. The van der Waals surface area contributed by atoms with Crippen LogP contribution < -0.4 is 0 Å². The van der Waals surface area contributed by atoms with Crippen molar-refractivity contribution in [1.29, 1.82) is 0 Å². The highest BCUT2D eigenvalue weighted by Gasteiger charge is 2.10. The van der Waals surface area contributed by atoms with Gasteiger partial charge in [-0.1, -0.05) is 74.0 Å². The molecule has 0 fully saturated rings. The fraction of sp³-hybridized carbons (Fsp3) is 0.130. The molecule has 0 bridgehead atoms. The SMILES string of the molecule is CCCc1c(O)cc(C=C(c2ccccc2)c2ccccc2)cc1O. The Hall–Kier alpha value is -3.00. The van der Waals surface area contributed by atoms with E-state index in [-0.39, 0.29) is 11.5 Å². The second kappa shape index (κ2) is 7.71. The van der Waals surface area contributed by atoms with Crippen LogP contribution in [0.15, 0.2) is 72.8 Å². The van der Waals surface area contributed by atoms with Gasteiger partial charge in [-0.05, 0) is 46.9 Å². The monoisotopic (exact) mass is 330 g/mol. The zero-order chi connectivity index (χ0) is 17.6. The summed E-state index contributed by atoms with van der Waals surface area (Å²) in [5.74, 6) is 0.294. The minimum absolute atomic E-state index is 0.147. The second-order valence-corrected chi connectivity index (χ2v) is 6.08. The van der Waals surface area contributed by atoms with E-state index in [9.17, 15) is 10.2 Å². The average Bonchev–Trinajstić information content (AvgIpc) is 2.64. The maximum atomic E-state index is 10.3. The molecule has 0 radical (unpaired) electrons. The van der Waals surface area contributed by atoms with E-state index in [4.69, 9.17) is 0 Å². The lowest BCUT2D eigenvalue weighted by molar-refractivity contribution is 0.437. The largest absolute Gasteiger partial charge is 0.508 e. The van der Waals surface area contributed by atoms with Gasteiger partial charge >= 0.3 is 0 Å². The molecule has 2 nitrogen and oxygen atoms in total. The van der Waals surface area contributed by atoms with Gasteiger partial charge in [0, 0.05) is 5.56 Å². The van der Waals surface area contributed by atoms with E-state index >= 15 is 0 Å². The minimum atomic E-state index is 0.147. The van der Waals surface area contributed by atoms with E-state index in [2.05, 4.69) is 24.3 Å². The summed E-state index contributed by atoms with van der Waals surface area (Å²) in [5, 5.41) is 20.5. The van der Waals surface area contributed by atoms with Gasteiger partial charge in [0.05, 0.1) is 0 Å². The number of aromatic hydroxyl groups is 2. The number of hydrogen-bond acceptors (Lipinski definition) is 2. The standard InChI is InChI=1S/C23H22O2/c1-2-9-20-22(24)15-17(16-23(20)25)14-21(18-10-5-3-6-11-18)19-12-7-4-8-13-19/h3-8,10-16,24-25H,2,9H2,1H3. The lowest BCUT2D eigenvalue weighted by Crippen LogP contribution is -1.90. The number of rotatable bonds is 5. The number of benzene rings is 3. The average molecular weight is 330 g/mol. The smallest absolute Gasteiger partial charge is 0.123 e. The Morgan fingerprint density at radius 3 is 1.72 bits per heavy atom. The number of hydrogen-bond donors (Lipinski definition) is 2. The molecular formula is C23H22O2. The van der Waals surface area contributed by atoms with Gasteiger partial charge in [-0.25, -0.2) is 0 Å². The molecule has 0 atom stereocenters. The van der Waals surface area contributed by atoms with Crippen molar-refractivity contribution in [3.05, 3.63) is 95.1 Å². The third-order valence-electron chi connectivity index (χ3n) is 4.21. The van der Waals surface area contributed by atoms with Crippen LogP contribution in [0.2, 0.25) is 0 Å². The third-order valence-corrected chi connectivity index (χ3v) is 4.21. The molecule has 0 aliphatic heterocycles. The Kier molecular flexibility index (Phi) is 5.20. The normalized spacial score (nSPS) is 10.4. The van der Waals surface area contributed by atoms with Gasteiger partial charge in [-0.2, -0.15) is 0 Å². The lowest BCUT2D eigenvalue weighted by Gasteiger charge is -2.11.